The SMILES string of the molecule is Cc1ccc(S(=O)(=O)Cc2ccc(N)c3ccccc23)cc1.Cc1ccc(S(=O)(=O)Cc2ccc(NS(=O)(=O)c3ccc(C)cc3)c3ccccc23)cc1.Cc1ccc(S(=O)(=O)Cl)cc1. The molecule has 0 amide bonds. The molecular weight excluding hydrogens is 920 g/mol. The van der Waals surface area contributed by atoms with E-state index in [1.165, 1.54) is 12.1 Å². The number of sulfonamides is 1. The predicted octanol–water partition coefficient (Wildman–Crippen LogP) is 10.9. The molecule has 0 fully saturated rings. The number of sulfone groups is 2. The molecule has 0 spiro atoms. The molecule has 0 radical (unpaired) electrons. The number of benzene rings is 8. The standard InChI is InChI=1S/C25H23NO4S2.C18H17NO2S.C7H7ClO2S/c1-18-7-12-21(13-8-18)31(27,28)17-20-11-16-25(24-6-4-3-5-23(20)24)26-32(29,30)22-14-9-19(2)10-15-22;1-13-6-9-15(10-7-13)22(20,21)12-14-8-11-18(19)17-5-3-2-4-16(14)17;1-6-2-4-7(5-3-6)11(8,9)10/h3-16,26H,17H2,1-2H3;2-11H,12,19H2,1H3;2-5H,1H3. The molecule has 0 unspecified atom stereocenters. The minimum atomic E-state index is -3.78. The van der Waals surface area contributed by atoms with Crippen LogP contribution in [0.2, 0.25) is 0 Å². The van der Waals surface area contributed by atoms with Gasteiger partial charge < -0.3 is 5.73 Å². The molecule has 0 saturated carbocycles. The fourth-order valence-electron chi connectivity index (χ4n) is 6.78. The molecule has 0 aliphatic heterocycles. The smallest absolute Gasteiger partial charge is 0.261 e. The van der Waals surface area contributed by atoms with Crippen LogP contribution in [0.1, 0.15) is 33.4 Å². The van der Waals surface area contributed by atoms with Gasteiger partial charge in [0.05, 0.1) is 36.8 Å². The first kappa shape index (κ1) is 48.4. The third-order valence-electron chi connectivity index (χ3n) is 10.4. The number of hydrogen-bond acceptors (Lipinski definition) is 9. The molecule has 0 atom stereocenters. The Kier molecular flexibility index (Phi) is 14.9. The lowest BCUT2D eigenvalue weighted by Gasteiger charge is -2.14. The number of nitrogen functional groups attached to an aromatic ring is 1. The molecule has 10 nitrogen and oxygen atoms in total. The van der Waals surface area contributed by atoms with E-state index in [4.69, 9.17) is 16.4 Å². The van der Waals surface area contributed by atoms with E-state index in [1.807, 2.05) is 70.2 Å². The van der Waals surface area contributed by atoms with Crippen LogP contribution in [-0.4, -0.2) is 33.7 Å². The molecule has 0 heterocycles. The van der Waals surface area contributed by atoms with Crippen LogP contribution >= 0.6 is 10.7 Å². The highest BCUT2D eigenvalue weighted by Crippen LogP contribution is 2.32. The van der Waals surface area contributed by atoms with Crippen molar-refractivity contribution < 1.29 is 33.7 Å². The van der Waals surface area contributed by atoms with Crippen molar-refractivity contribution in [3.05, 3.63) is 203 Å². The predicted molar refractivity (Wildman–Crippen MR) is 263 cm³/mol. The molecule has 3 N–H and O–H groups in total. The highest BCUT2D eigenvalue weighted by atomic mass is 35.7. The zero-order chi connectivity index (χ0) is 47.2. The minimum absolute atomic E-state index is 0.0309. The van der Waals surface area contributed by atoms with Gasteiger partial charge in [-0.25, -0.2) is 33.7 Å². The fourth-order valence-corrected chi connectivity index (χ4v) is 11.4. The summed E-state index contributed by atoms with van der Waals surface area (Å²) in [5, 5.41) is 3.10. The van der Waals surface area contributed by atoms with Crippen LogP contribution in [0.3, 0.4) is 0 Å². The van der Waals surface area contributed by atoms with Gasteiger partial charge in [-0.2, -0.15) is 0 Å². The Balaban J connectivity index is 0.000000182. The Morgan fingerprint density at radius 1 is 0.400 bits per heavy atom. The highest BCUT2D eigenvalue weighted by molar-refractivity contribution is 8.13. The van der Waals surface area contributed by atoms with Crippen LogP contribution < -0.4 is 10.5 Å². The Hall–Kier alpha value is -6.03. The zero-order valence-electron chi connectivity index (χ0n) is 35.9. The first-order chi connectivity index (χ1) is 30.6. The van der Waals surface area contributed by atoms with Crippen molar-refractivity contribution in [1.29, 1.82) is 0 Å². The monoisotopic (exact) mass is 966 g/mol. The third kappa shape index (κ3) is 12.4. The number of nitrogens with two attached hydrogens (primary N) is 1. The quantitative estimate of drug-likeness (QED) is 0.0998. The average Bonchev–Trinajstić information content (AvgIpc) is 3.26. The number of aryl methyl sites for hydroxylation is 4. The average molecular weight is 968 g/mol. The Labute approximate surface area is 386 Å². The molecule has 8 aromatic carbocycles. The number of nitrogens with one attached hydrogen (secondary N) is 1. The first-order valence-electron chi connectivity index (χ1n) is 20.1. The summed E-state index contributed by atoms with van der Waals surface area (Å²) in [5.74, 6) is -0.210. The summed E-state index contributed by atoms with van der Waals surface area (Å²) >= 11 is 0. The van der Waals surface area contributed by atoms with Gasteiger partial charge in [0.25, 0.3) is 19.1 Å². The second-order valence-corrected chi connectivity index (χ2v) is 23.7. The molecule has 0 bridgehead atoms. The number of rotatable bonds is 10. The van der Waals surface area contributed by atoms with Gasteiger partial charge in [-0.3, -0.25) is 4.72 Å². The van der Waals surface area contributed by atoms with Gasteiger partial charge in [0.1, 0.15) is 0 Å². The largest absolute Gasteiger partial charge is 0.398 e. The molecule has 0 aromatic heterocycles. The number of fused-ring (bicyclic) bond motifs is 2. The van der Waals surface area contributed by atoms with Crippen LogP contribution in [0.25, 0.3) is 21.5 Å². The summed E-state index contributed by atoms with van der Waals surface area (Å²) in [5.41, 5.74) is 12.4. The van der Waals surface area contributed by atoms with Crippen LogP contribution in [0.4, 0.5) is 11.4 Å². The first-order valence-corrected chi connectivity index (χ1v) is 27.2. The van der Waals surface area contributed by atoms with Crippen molar-refractivity contribution >= 4 is 82.4 Å². The van der Waals surface area contributed by atoms with E-state index in [0.29, 0.717) is 32.6 Å². The summed E-state index contributed by atoms with van der Waals surface area (Å²) in [4.78, 5) is 0.915. The van der Waals surface area contributed by atoms with E-state index in [0.717, 1.165) is 38.6 Å². The van der Waals surface area contributed by atoms with E-state index < -0.39 is 38.7 Å². The van der Waals surface area contributed by atoms with Crippen molar-refractivity contribution in [3.63, 3.8) is 0 Å². The summed E-state index contributed by atoms with van der Waals surface area (Å²) in [6.45, 7) is 7.61. The number of hydrogen-bond donors (Lipinski definition) is 2. The van der Waals surface area contributed by atoms with Crippen LogP contribution in [0, 0.1) is 27.7 Å². The van der Waals surface area contributed by atoms with E-state index in [2.05, 4.69) is 4.72 Å². The highest BCUT2D eigenvalue weighted by Gasteiger charge is 2.21. The fraction of sp³-hybridized carbons (Fsp3) is 0.120. The summed E-state index contributed by atoms with van der Waals surface area (Å²) < 4.78 is 101. The molecule has 8 rings (SSSR count). The summed E-state index contributed by atoms with van der Waals surface area (Å²) in [6.07, 6.45) is 0. The zero-order valence-corrected chi connectivity index (χ0v) is 40.0. The second kappa shape index (κ2) is 20.0. The molecule has 0 aliphatic carbocycles. The molecule has 0 aliphatic rings. The van der Waals surface area contributed by atoms with E-state index >= 15 is 0 Å². The van der Waals surface area contributed by atoms with Crippen LogP contribution in [0.15, 0.2) is 189 Å². The van der Waals surface area contributed by atoms with Gasteiger partial charge in [-0.05, 0) is 110 Å². The lowest BCUT2D eigenvalue weighted by molar-refractivity contribution is 0.593. The van der Waals surface area contributed by atoms with Crippen molar-refractivity contribution in [2.75, 3.05) is 10.5 Å². The Morgan fingerprint density at radius 2 is 0.738 bits per heavy atom. The molecule has 0 saturated heterocycles. The van der Waals surface area contributed by atoms with Gasteiger partial charge >= 0.3 is 0 Å². The van der Waals surface area contributed by atoms with Crippen molar-refractivity contribution in [1.82, 2.24) is 0 Å². The minimum Gasteiger partial charge on any atom is -0.398 e. The maximum Gasteiger partial charge on any atom is 0.261 e. The number of halogens is 1. The van der Waals surface area contributed by atoms with Gasteiger partial charge in [-0.15, -0.1) is 0 Å². The topological polar surface area (TPSA) is 175 Å². The summed E-state index contributed by atoms with van der Waals surface area (Å²) in [6, 6.07) is 48.3. The number of anilines is 2. The van der Waals surface area contributed by atoms with E-state index in [9.17, 15) is 33.7 Å². The van der Waals surface area contributed by atoms with E-state index in [-0.39, 0.29) is 26.2 Å². The van der Waals surface area contributed by atoms with Crippen LogP contribution in [0.5, 0.6) is 0 Å². The molecule has 65 heavy (non-hydrogen) atoms. The normalized spacial score (nSPS) is 11.8. The van der Waals surface area contributed by atoms with Gasteiger partial charge in [0.2, 0.25) is 0 Å². The lowest BCUT2D eigenvalue weighted by atomic mass is 10.0. The van der Waals surface area contributed by atoms with Gasteiger partial charge in [-0.1, -0.05) is 131 Å². The second-order valence-electron chi connectivity index (χ2n) is 15.5. The maximum atomic E-state index is 13.0. The summed E-state index contributed by atoms with van der Waals surface area (Å²) in [7, 11) is -9.18. The Bertz CT molecular complexity index is 3320. The van der Waals surface area contributed by atoms with Crippen LogP contribution in [-0.2, 0) is 50.3 Å². The molecular formula is C50H47ClN2O8S4. The Morgan fingerprint density at radius 3 is 1.15 bits per heavy atom. The molecule has 336 valence electrons. The van der Waals surface area contributed by atoms with E-state index in [1.54, 1.807) is 115 Å². The maximum absolute atomic E-state index is 13.0. The van der Waals surface area contributed by atoms with Gasteiger partial charge in [0.15, 0.2) is 19.7 Å². The van der Waals surface area contributed by atoms with Gasteiger partial charge in [0, 0.05) is 27.1 Å². The molecule has 8 aromatic rings. The lowest BCUT2D eigenvalue weighted by Crippen LogP contribution is -2.13. The van der Waals surface area contributed by atoms with Crippen molar-refractivity contribution in [3.8, 4) is 0 Å². The molecule has 15 heteroatoms. The van der Waals surface area contributed by atoms with Crippen molar-refractivity contribution in [2.24, 2.45) is 0 Å². The van der Waals surface area contributed by atoms with Crippen molar-refractivity contribution in [2.45, 2.75) is 58.8 Å². The third-order valence-corrected chi connectivity index (χ3v) is 16.5.